The second-order valence-corrected chi connectivity index (χ2v) is 5.77. The number of rotatable bonds is 9. The van der Waals surface area contributed by atoms with Crippen molar-refractivity contribution in [3.05, 3.63) is 59.7 Å². The summed E-state index contributed by atoms with van der Waals surface area (Å²) in [6.07, 6.45) is 0.685. The predicted molar refractivity (Wildman–Crippen MR) is 97.7 cm³/mol. The molecule has 0 aromatic heterocycles. The maximum absolute atomic E-state index is 12.5. The lowest BCUT2D eigenvalue weighted by Gasteiger charge is -2.18. The van der Waals surface area contributed by atoms with Crippen molar-refractivity contribution in [3.8, 4) is 11.5 Å². The largest absolute Gasteiger partial charge is 0.497 e. The third kappa shape index (κ3) is 5.51. The number of ether oxygens (including phenoxy) is 2. The van der Waals surface area contributed by atoms with E-state index in [9.17, 15) is 14.7 Å². The molecular formula is C20H23NO5. The van der Waals surface area contributed by atoms with Gasteiger partial charge in [0, 0.05) is 5.56 Å². The summed E-state index contributed by atoms with van der Waals surface area (Å²) in [4.78, 5) is 23.7. The van der Waals surface area contributed by atoms with Crippen molar-refractivity contribution in [2.75, 3.05) is 13.7 Å². The number of carbonyl (C=O) groups is 2. The topological polar surface area (TPSA) is 84.9 Å². The molecule has 1 amide bonds. The van der Waals surface area contributed by atoms with E-state index >= 15 is 0 Å². The Hall–Kier alpha value is -3.02. The Morgan fingerprint density at radius 1 is 1.12 bits per heavy atom. The molecule has 2 N–H and O–H groups in total. The van der Waals surface area contributed by atoms with Crippen molar-refractivity contribution in [2.45, 2.75) is 25.8 Å². The van der Waals surface area contributed by atoms with Crippen LogP contribution in [-0.4, -0.2) is 30.7 Å². The second-order valence-electron chi connectivity index (χ2n) is 5.77. The van der Waals surface area contributed by atoms with E-state index in [0.717, 1.165) is 6.42 Å². The smallest absolute Gasteiger partial charge is 0.305 e. The molecule has 138 valence electrons. The second kappa shape index (κ2) is 9.46. The number of carbonyl (C=O) groups excluding carboxylic acids is 1. The number of amides is 1. The lowest BCUT2D eigenvalue weighted by Crippen LogP contribution is -2.30. The molecule has 0 aliphatic carbocycles. The Morgan fingerprint density at radius 3 is 2.46 bits per heavy atom. The van der Waals surface area contributed by atoms with Gasteiger partial charge >= 0.3 is 5.97 Å². The highest BCUT2D eigenvalue weighted by Crippen LogP contribution is 2.22. The highest BCUT2D eigenvalue weighted by molar-refractivity contribution is 5.95. The molecule has 2 rings (SSSR count). The summed E-state index contributed by atoms with van der Waals surface area (Å²) in [7, 11) is 1.52. The molecule has 6 nitrogen and oxygen atoms in total. The molecule has 0 aliphatic heterocycles. The van der Waals surface area contributed by atoms with Gasteiger partial charge in [-0.05, 0) is 42.3 Å². The van der Waals surface area contributed by atoms with Crippen LogP contribution in [-0.2, 0) is 4.79 Å². The van der Waals surface area contributed by atoms with E-state index in [1.165, 1.54) is 7.11 Å². The number of carboxylic acids is 1. The average molecular weight is 357 g/mol. The van der Waals surface area contributed by atoms with Crippen molar-refractivity contribution in [2.24, 2.45) is 0 Å². The van der Waals surface area contributed by atoms with Gasteiger partial charge in [0.2, 0.25) is 0 Å². The van der Waals surface area contributed by atoms with E-state index in [0.29, 0.717) is 29.2 Å². The molecule has 6 heteroatoms. The Bertz CT molecular complexity index is 742. The lowest BCUT2D eigenvalue weighted by molar-refractivity contribution is -0.137. The normalized spacial score (nSPS) is 11.5. The molecule has 1 atom stereocenters. The number of aliphatic carboxylic acids is 1. The molecule has 0 aliphatic rings. The van der Waals surface area contributed by atoms with Crippen molar-refractivity contribution in [3.63, 3.8) is 0 Å². The third-order valence-corrected chi connectivity index (χ3v) is 3.77. The number of benzene rings is 2. The van der Waals surface area contributed by atoms with Crippen molar-refractivity contribution in [1.82, 2.24) is 5.32 Å². The van der Waals surface area contributed by atoms with Gasteiger partial charge < -0.3 is 19.9 Å². The van der Waals surface area contributed by atoms with Crippen molar-refractivity contribution >= 4 is 11.9 Å². The summed E-state index contributed by atoms with van der Waals surface area (Å²) in [6, 6.07) is 13.1. The summed E-state index contributed by atoms with van der Waals surface area (Å²) < 4.78 is 10.6. The number of carboxylic acid groups (broad SMARTS) is 1. The van der Waals surface area contributed by atoms with Crippen molar-refractivity contribution in [1.29, 1.82) is 0 Å². The highest BCUT2D eigenvalue weighted by atomic mass is 16.5. The SMILES string of the molecule is CCCOc1ccc([C@H](CC(=O)O)NC(=O)c2cccc(OC)c2)cc1. The lowest BCUT2D eigenvalue weighted by atomic mass is 10.0. The minimum atomic E-state index is -0.993. The molecule has 0 heterocycles. The number of hydrogen-bond acceptors (Lipinski definition) is 4. The first-order chi connectivity index (χ1) is 12.5. The summed E-state index contributed by atoms with van der Waals surface area (Å²) in [5.74, 6) is -0.0811. The van der Waals surface area contributed by atoms with Crippen LogP contribution in [0.1, 0.15) is 41.7 Å². The fourth-order valence-electron chi connectivity index (χ4n) is 2.45. The van der Waals surface area contributed by atoms with Gasteiger partial charge in [0.05, 0.1) is 26.2 Å². The van der Waals surface area contributed by atoms with Crippen LogP contribution in [0.4, 0.5) is 0 Å². The van der Waals surface area contributed by atoms with Gasteiger partial charge in [0.1, 0.15) is 11.5 Å². The van der Waals surface area contributed by atoms with E-state index < -0.39 is 12.0 Å². The molecule has 0 saturated heterocycles. The van der Waals surface area contributed by atoms with Crippen LogP contribution >= 0.6 is 0 Å². The van der Waals surface area contributed by atoms with Gasteiger partial charge in [-0.25, -0.2) is 0 Å². The van der Waals surface area contributed by atoms with Crippen LogP contribution in [0.3, 0.4) is 0 Å². The summed E-state index contributed by atoms with van der Waals surface area (Å²) in [5, 5.41) is 12.0. The van der Waals surface area contributed by atoms with Gasteiger partial charge in [-0.15, -0.1) is 0 Å². The molecule has 0 saturated carbocycles. The number of nitrogens with one attached hydrogen (secondary N) is 1. The molecule has 2 aromatic rings. The quantitative estimate of drug-likeness (QED) is 0.718. The van der Waals surface area contributed by atoms with Gasteiger partial charge in [-0.1, -0.05) is 25.1 Å². The zero-order chi connectivity index (χ0) is 18.9. The summed E-state index contributed by atoms with van der Waals surface area (Å²) in [5.41, 5.74) is 1.11. The zero-order valence-corrected chi connectivity index (χ0v) is 14.9. The van der Waals surface area contributed by atoms with Gasteiger partial charge in [0.15, 0.2) is 0 Å². The molecule has 0 fully saturated rings. The van der Waals surface area contributed by atoms with E-state index in [2.05, 4.69) is 5.32 Å². The molecule has 0 radical (unpaired) electrons. The number of methoxy groups -OCH3 is 1. The molecular weight excluding hydrogens is 334 g/mol. The van der Waals surface area contributed by atoms with Crippen LogP contribution in [0.5, 0.6) is 11.5 Å². The van der Waals surface area contributed by atoms with Crippen LogP contribution in [0, 0.1) is 0 Å². The minimum Gasteiger partial charge on any atom is -0.497 e. The van der Waals surface area contributed by atoms with Crippen molar-refractivity contribution < 1.29 is 24.2 Å². The van der Waals surface area contributed by atoms with Gasteiger partial charge in [0.25, 0.3) is 5.91 Å². The van der Waals surface area contributed by atoms with E-state index in [1.807, 2.05) is 6.92 Å². The monoisotopic (exact) mass is 357 g/mol. The predicted octanol–water partition coefficient (Wildman–Crippen LogP) is 3.43. The van der Waals surface area contributed by atoms with Gasteiger partial charge in [-0.3, -0.25) is 9.59 Å². The van der Waals surface area contributed by atoms with Gasteiger partial charge in [-0.2, -0.15) is 0 Å². The Balaban J connectivity index is 2.15. The molecule has 2 aromatic carbocycles. The fraction of sp³-hybridized carbons (Fsp3) is 0.300. The number of hydrogen-bond donors (Lipinski definition) is 2. The summed E-state index contributed by atoms with van der Waals surface area (Å²) >= 11 is 0. The molecule has 0 bridgehead atoms. The van der Waals surface area contributed by atoms with Crippen LogP contribution in [0.2, 0.25) is 0 Å². The third-order valence-electron chi connectivity index (χ3n) is 3.77. The Morgan fingerprint density at radius 2 is 1.85 bits per heavy atom. The summed E-state index contributed by atoms with van der Waals surface area (Å²) in [6.45, 7) is 2.63. The van der Waals surface area contributed by atoms with E-state index in [-0.39, 0.29) is 12.3 Å². The first-order valence-electron chi connectivity index (χ1n) is 8.43. The standard InChI is InChI=1S/C20H23NO5/c1-3-11-26-16-9-7-14(8-10-16)18(13-19(22)23)21-20(24)15-5-4-6-17(12-15)25-2/h4-10,12,18H,3,11,13H2,1-2H3,(H,21,24)(H,22,23)/t18-/m0/s1. The fourth-order valence-corrected chi connectivity index (χ4v) is 2.45. The minimum absolute atomic E-state index is 0.217. The van der Waals surface area contributed by atoms with E-state index in [4.69, 9.17) is 9.47 Å². The highest BCUT2D eigenvalue weighted by Gasteiger charge is 2.19. The molecule has 0 unspecified atom stereocenters. The first-order valence-corrected chi connectivity index (χ1v) is 8.43. The molecule has 0 spiro atoms. The average Bonchev–Trinajstić information content (AvgIpc) is 2.66. The molecule has 26 heavy (non-hydrogen) atoms. The van der Waals surface area contributed by atoms with Crippen LogP contribution in [0.15, 0.2) is 48.5 Å². The van der Waals surface area contributed by atoms with E-state index in [1.54, 1.807) is 48.5 Å². The van der Waals surface area contributed by atoms with Crippen LogP contribution in [0.25, 0.3) is 0 Å². The maximum Gasteiger partial charge on any atom is 0.305 e. The first kappa shape index (κ1) is 19.3. The zero-order valence-electron chi connectivity index (χ0n) is 14.9. The maximum atomic E-state index is 12.5. The Labute approximate surface area is 152 Å². The van der Waals surface area contributed by atoms with Crippen LogP contribution < -0.4 is 14.8 Å². The Kier molecular flexibility index (Phi) is 7.02.